The molecule has 5 heteroatoms. The lowest BCUT2D eigenvalue weighted by Gasteiger charge is -2.13. The van der Waals surface area contributed by atoms with Crippen LogP contribution >= 0.6 is 11.3 Å². The van der Waals surface area contributed by atoms with Crippen molar-refractivity contribution < 1.29 is 4.74 Å². The van der Waals surface area contributed by atoms with E-state index in [1.807, 2.05) is 48.6 Å². The highest BCUT2D eigenvalue weighted by Crippen LogP contribution is 2.20. The van der Waals surface area contributed by atoms with E-state index in [9.17, 15) is 0 Å². The first kappa shape index (κ1) is 11.7. The molecule has 2 N–H and O–H groups in total. The fourth-order valence-electron chi connectivity index (χ4n) is 1.40. The summed E-state index contributed by atoms with van der Waals surface area (Å²) in [5.41, 5.74) is 7.53. The van der Waals surface area contributed by atoms with Gasteiger partial charge in [-0.15, -0.1) is 11.3 Å². The molecule has 0 spiro atoms. The van der Waals surface area contributed by atoms with E-state index < -0.39 is 0 Å². The van der Waals surface area contributed by atoms with Gasteiger partial charge in [0, 0.05) is 31.2 Å². The SMILES string of the molecule is CN(C)c1cccc(OCc2csc(N)n2)c1. The van der Waals surface area contributed by atoms with Gasteiger partial charge in [0.15, 0.2) is 5.13 Å². The third-order valence-electron chi connectivity index (χ3n) is 2.29. The van der Waals surface area contributed by atoms with E-state index in [1.54, 1.807) is 0 Å². The first-order valence-corrected chi connectivity index (χ1v) is 6.13. The summed E-state index contributed by atoms with van der Waals surface area (Å²) in [5.74, 6) is 0.836. The summed E-state index contributed by atoms with van der Waals surface area (Å²) in [6.07, 6.45) is 0. The van der Waals surface area contributed by atoms with Crippen LogP contribution in [0.4, 0.5) is 10.8 Å². The number of thiazole rings is 1. The summed E-state index contributed by atoms with van der Waals surface area (Å²) >= 11 is 1.43. The van der Waals surface area contributed by atoms with E-state index in [-0.39, 0.29) is 0 Å². The molecule has 0 radical (unpaired) electrons. The lowest BCUT2D eigenvalue weighted by molar-refractivity contribution is 0.302. The fourth-order valence-corrected chi connectivity index (χ4v) is 1.95. The summed E-state index contributed by atoms with van der Waals surface area (Å²) in [5, 5.41) is 2.48. The number of nitrogens with zero attached hydrogens (tertiary/aromatic N) is 2. The molecule has 0 amide bonds. The maximum Gasteiger partial charge on any atom is 0.180 e. The number of rotatable bonds is 4. The Balaban J connectivity index is 2.01. The summed E-state index contributed by atoms with van der Waals surface area (Å²) in [4.78, 5) is 6.18. The maximum absolute atomic E-state index is 5.66. The fraction of sp³-hybridized carbons (Fsp3) is 0.250. The highest BCUT2D eigenvalue weighted by atomic mass is 32.1. The van der Waals surface area contributed by atoms with Crippen LogP contribution in [0.2, 0.25) is 0 Å². The van der Waals surface area contributed by atoms with Gasteiger partial charge in [-0.1, -0.05) is 6.07 Å². The summed E-state index contributed by atoms with van der Waals surface area (Å²) in [6.45, 7) is 0.449. The van der Waals surface area contributed by atoms with Crippen molar-refractivity contribution in [1.29, 1.82) is 0 Å². The molecule has 0 aliphatic heterocycles. The second kappa shape index (κ2) is 5.05. The minimum atomic E-state index is 0.449. The molecule has 90 valence electrons. The molecule has 1 aromatic carbocycles. The lowest BCUT2D eigenvalue weighted by atomic mass is 10.3. The lowest BCUT2D eigenvalue weighted by Crippen LogP contribution is -2.08. The summed E-state index contributed by atoms with van der Waals surface area (Å²) in [6, 6.07) is 7.94. The molecule has 2 rings (SSSR count). The van der Waals surface area contributed by atoms with Gasteiger partial charge in [0.25, 0.3) is 0 Å². The van der Waals surface area contributed by atoms with Gasteiger partial charge in [0.05, 0.1) is 5.69 Å². The van der Waals surface area contributed by atoms with E-state index in [4.69, 9.17) is 10.5 Å². The number of nitrogen functional groups attached to an aromatic ring is 1. The molecule has 0 unspecified atom stereocenters. The zero-order chi connectivity index (χ0) is 12.3. The maximum atomic E-state index is 5.66. The molecule has 17 heavy (non-hydrogen) atoms. The third kappa shape index (κ3) is 3.10. The predicted molar refractivity (Wildman–Crippen MR) is 71.6 cm³/mol. The Bertz CT molecular complexity index is 496. The molecule has 0 atom stereocenters. The van der Waals surface area contributed by atoms with Gasteiger partial charge in [-0.3, -0.25) is 0 Å². The van der Waals surface area contributed by atoms with E-state index in [0.29, 0.717) is 11.7 Å². The van der Waals surface area contributed by atoms with Gasteiger partial charge in [0.2, 0.25) is 0 Å². The molecule has 0 bridgehead atoms. The molecule has 4 nitrogen and oxygen atoms in total. The van der Waals surface area contributed by atoms with Crippen LogP contribution in [0.15, 0.2) is 29.6 Å². The molecule has 0 aliphatic rings. The Labute approximate surface area is 105 Å². The topological polar surface area (TPSA) is 51.4 Å². The number of hydrogen-bond acceptors (Lipinski definition) is 5. The van der Waals surface area contributed by atoms with Crippen LogP contribution in [-0.2, 0) is 6.61 Å². The third-order valence-corrected chi connectivity index (χ3v) is 3.01. The largest absolute Gasteiger partial charge is 0.487 e. The van der Waals surface area contributed by atoms with Crippen molar-refractivity contribution in [3.63, 3.8) is 0 Å². The van der Waals surface area contributed by atoms with E-state index in [2.05, 4.69) is 4.98 Å². The minimum absolute atomic E-state index is 0.449. The molecular weight excluding hydrogens is 234 g/mol. The van der Waals surface area contributed by atoms with Crippen molar-refractivity contribution in [2.24, 2.45) is 0 Å². The monoisotopic (exact) mass is 249 g/mol. The van der Waals surface area contributed by atoms with Gasteiger partial charge in [0.1, 0.15) is 12.4 Å². The number of aromatic nitrogens is 1. The number of ether oxygens (including phenoxy) is 1. The molecule has 2 aromatic rings. The highest BCUT2D eigenvalue weighted by Gasteiger charge is 2.02. The van der Waals surface area contributed by atoms with Crippen LogP contribution < -0.4 is 15.4 Å². The number of benzene rings is 1. The smallest absolute Gasteiger partial charge is 0.180 e. The van der Waals surface area contributed by atoms with E-state index in [0.717, 1.165) is 17.1 Å². The first-order chi connectivity index (χ1) is 8.15. The van der Waals surface area contributed by atoms with Crippen molar-refractivity contribution in [2.75, 3.05) is 24.7 Å². The Morgan fingerprint density at radius 2 is 2.24 bits per heavy atom. The summed E-state index contributed by atoms with van der Waals surface area (Å²) < 4.78 is 5.66. The molecule has 1 aromatic heterocycles. The molecule has 1 heterocycles. The Morgan fingerprint density at radius 1 is 1.41 bits per heavy atom. The van der Waals surface area contributed by atoms with Crippen molar-refractivity contribution in [3.8, 4) is 5.75 Å². The second-order valence-electron chi connectivity index (χ2n) is 3.86. The Morgan fingerprint density at radius 3 is 2.88 bits per heavy atom. The average molecular weight is 249 g/mol. The van der Waals surface area contributed by atoms with E-state index >= 15 is 0 Å². The zero-order valence-electron chi connectivity index (χ0n) is 9.88. The molecule has 0 saturated carbocycles. The van der Waals surface area contributed by atoms with Crippen molar-refractivity contribution in [2.45, 2.75) is 6.61 Å². The van der Waals surface area contributed by atoms with Crippen molar-refractivity contribution in [1.82, 2.24) is 4.98 Å². The van der Waals surface area contributed by atoms with Crippen LogP contribution in [0, 0.1) is 0 Å². The predicted octanol–water partition coefficient (Wildman–Crippen LogP) is 2.37. The highest BCUT2D eigenvalue weighted by molar-refractivity contribution is 7.13. The van der Waals surface area contributed by atoms with Crippen molar-refractivity contribution in [3.05, 3.63) is 35.3 Å². The Hall–Kier alpha value is -1.75. The second-order valence-corrected chi connectivity index (χ2v) is 4.75. The quantitative estimate of drug-likeness (QED) is 0.903. The van der Waals surface area contributed by atoms with Crippen molar-refractivity contribution >= 4 is 22.2 Å². The van der Waals surface area contributed by atoms with Gasteiger partial charge in [-0.2, -0.15) is 0 Å². The van der Waals surface area contributed by atoms with Crippen LogP contribution in [0.1, 0.15) is 5.69 Å². The summed E-state index contributed by atoms with van der Waals surface area (Å²) in [7, 11) is 4.00. The standard InChI is InChI=1S/C12H15N3OS/c1-15(2)10-4-3-5-11(6-10)16-7-9-8-17-12(13)14-9/h3-6,8H,7H2,1-2H3,(H2,13,14). The molecular formula is C12H15N3OS. The van der Waals surface area contributed by atoms with Gasteiger partial charge < -0.3 is 15.4 Å². The zero-order valence-corrected chi connectivity index (χ0v) is 10.7. The van der Waals surface area contributed by atoms with Crippen LogP contribution in [0.5, 0.6) is 5.75 Å². The average Bonchev–Trinajstić information content (AvgIpc) is 2.73. The van der Waals surface area contributed by atoms with Crippen LogP contribution in [0.3, 0.4) is 0 Å². The van der Waals surface area contributed by atoms with Crippen LogP contribution in [0.25, 0.3) is 0 Å². The van der Waals surface area contributed by atoms with Gasteiger partial charge >= 0.3 is 0 Å². The normalized spacial score (nSPS) is 10.2. The minimum Gasteiger partial charge on any atom is -0.487 e. The number of nitrogens with two attached hydrogens (primary N) is 1. The number of anilines is 2. The molecule has 0 fully saturated rings. The van der Waals surface area contributed by atoms with Crippen LogP contribution in [-0.4, -0.2) is 19.1 Å². The molecule has 0 saturated heterocycles. The van der Waals surface area contributed by atoms with Gasteiger partial charge in [-0.25, -0.2) is 4.98 Å². The van der Waals surface area contributed by atoms with E-state index in [1.165, 1.54) is 11.3 Å². The number of hydrogen-bond donors (Lipinski definition) is 1. The Kier molecular flexibility index (Phi) is 3.49. The molecule has 0 aliphatic carbocycles. The first-order valence-electron chi connectivity index (χ1n) is 5.25. The van der Waals surface area contributed by atoms with Gasteiger partial charge in [-0.05, 0) is 12.1 Å².